The Bertz CT molecular complexity index is 714. The smallest absolute Gasteiger partial charge is 0.267 e. The molecule has 2 unspecified atom stereocenters. The number of aromatic nitrogens is 1. The third kappa shape index (κ3) is 3.29. The topological polar surface area (TPSA) is 44.9 Å². The van der Waals surface area contributed by atoms with Gasteiger partial charge in [-0.25, -0.2) is 0 Å². The van der Waals surface area contributed by atoms with Crippen molar-refractivity contribution >= 4 is 16.8 Å². The first-order chi connectivity index (χ1) is 11.0. The maximum atomic E-state index is 12.7. The number of carbonyl (C=O) groups is 1. The lowest BCUT2D eigenvalue weighted by atomic mass is 9.78. The number of benzene rings is 1. The van der Waals surface area contributed by atoms with Crippen molar-refractivity contribution in [1.82, 2.24) is 10.3 Å². The van der Waals surface area contributed by atoms with Gasteiger partial charge in [-0.2, -0.15) is 0 Å². The van der Waals surface area contributed by atoms with Crippen LogP contribution in [0.2, 0.25) is 0 Å². The third-order valence-electron chi connectivity index (χ3n) is 5.33. The zero-order valence-corrected chi connectivity index (χ0v) is 14.7. The monoisotopic (exact) mass is 312 g/mol. The van der Waals surface area contributed by atoms with Gasteiger partial charge in [0.2, 0.25) is 0 Å². The summed E-state index contributed by atoms with van der Waals surface area (Å²) in [6.45, 7) is 8.72. The Kier molecular flexibility index (Phi) is 4.47. The first kappa shape index (κ1) is 16.1. The van der Waals surface area contributed by atoms with Gasteiger partial charge in [0.1, 0.15) is 5.69 Å². The Labute approximate surface area is 138 Å². The van der Waals surface area contributed by atoms with Crippen LogP contribution in [0.5, 0.6) is 0 Å². The normalized spacial score (nSPS) is 21.8. The van der Waals surface area contributed by atoms with Gasteiger partial charge in [-0.05, 0) is 61.8 Å². The van der Waals surface area contributed by atoms with E-state index in [4.69, 9.17) is 0 Å². The van der Waals surface area contributed by atoms with Gasteiger partial charge in [-0.3, -0.25) is 4.79 Å². The van der Waals surface area contributed by atoms with Gasteiger partial charge in [-0.15, -0.1) is 0 Å². The van der Waals surface area contributed by atoms with E-state index in [0.717, 1.165) is 17.3 Å². The standard InChI is InChI=1S/C20H28N2O/c1-12(2)15-7-5-6-8-17(15)22-20(23)19-11-16-14(4)9-13(3)10-18(16)21-19/h9-12,15,17,21H,5-8H2,1-4H3,(H,22,23). The van der Waals surface area contributed by atoms with E-state index >= 15 is 0 Å². The second-order valence-electron chi connectivity index (χ2n) is 7.50. The van der Waals surface area contributed by atoms with Crippen molar-refractivity contribution in [3.8, 4) is 0 Å². The van der Waals surface area contributed by atoms with E-state index in [1.54, 1.807) is 0 Å². The third-order valence-corrected chi connectivity index (χ3v) is 5.33. The molecule has 1 saturated carbocycles. The van der Waals surface area contributed by atoms with Crippen LogP contribution in [0.4, 0.5) is 0 Å². The van der Waals surface area contributed by atoms with Crippen LogP contribution in [0.3, 0.4) is 0 Å². The minimum Gasteiger partial charge on any atom is -0.351 e. The van der Waals surface area contributed by atoms with Crippen molar-refractivity contribution in [3.05, 3.63) is 35.0 Å². The highest BCUT2D eigenvalue weighted by Gasteiger charge is 2.29. The molecule has 124 valence electrons. The highest BCUT2D eigenvalue weighted by molar-refractivity contribution is 5.99. The number of hydrogen-bond donors (Lipinski definition) is 2. The SMILES string of the molecule is Cc1cc(C)c2cc(C(=O)NC3CCCCC3C(C)C)[nH]c2c1. The summed E-state index contributed by atoms with van der Waals surface area (Å²) < 4.78 is 0. The first-order valence-electron chi connectivity index (χ1n) is 8.86. The molecule has 1 aromatic heterocycles. The van der Waals surface area contributed by atoms with Crippen LogP contribution in [0.1, 0.15) is 61.1 Å². The summed E-state index contributed by atoms with van der Waals surface area (Å²) in [5.74, 6) is 1.25. The largest absolute Gasteiger partial charge is 0.351 e. The highest BCUT2D eigenvalue weighted by atomic mass is 16.1. The minimum atomic E-state index is 0.0378. The summed E-state index contributed by atoms with van der Waals surface area (Å²) in [6, 6.07) is 6.57. The molecular formula is C20H28N2O. The van der Waals surface area contributed by atoms with Crippen molar-refractivity contribution < 1.29 is 4.79 Å². The molecule has 1 fully saturated rings. The van der Waals surface area contributed by atoms with Crippen LogP contribution in [-0.2, 0) is 0 Å². The quantitative estimate of drug-likeness (QED) is 0.845. The predicted molar refractivity (Wildman–Crippen MR) is 95.8 cm³/mol. The molecule has 0 saturated heterocycles. The average molecular weight is 312 g/mol. The van der Waals surface area contributed by atoms with Crippen LogP contribution in [0.15, 0.2) is 18.2 Å². The molecule has 3 rings (SSSR count). The molecule has 0 aliphatic heterocycles. The Balaban J connectivity index is 1.81. The summed E-state index contributed by atoms with van der Waals surface area (Å²) in [7, 11) is 0. The number of H-pyrrole nitrogens is 1. The lowest BCUT2D eigenvalue weighted by Crippen LogP contribution is -2.44. The molecule has 2 N–H and O–H groups in total. The Morgan fingerprint density at radius 2 is 1.91 bits per heavy atom. The van der Waals surface area contributed by atoms with Gasteiger partial charge in [0, 0.05) is 16.9 Å². The zero-order chi connectivity index (χ0) is 16.6. The van der Waals surface area contributed by atoms with Gasteiger partial charge < -0.3 is 10.3 Å². The van der Waals surface area contributed by atoms with Crippen LogP contribution in [0, 0.1) is 25.7 Å². The molecule has 0 bridgehead atoms. The van der Waals surface area contributed by atoms with E-state index in [1.807, 2.05) is 6.07 Å². The van der Waals surface area contributed by atoms with E-state index in [9.17, 15) is 4.79 Å². The Morgan fingerprint density at radius 1 is 1.17 bits per heavy atom. The first-order valence-corrected chi connectivity index (χ1v) is 8.86. The summed E-state index contributed by atoms with van der Waals surface area (Å²) in [5.41, 5.74) is 4.17. The van der Waals surface area contributed by atoms with Crippen molar-refractivity contribution in [3.63, 3.8) is 0 Å². The summed E-state index contributed by atoms with van der Waals surface area (Å²) >= 11 is 0. The number of nitrogens with one attached hydrogen (secondary N) is 2. The maximum absolute atomic E-state index is 12.7. The summed E-state index contributed by atoms with van der Waals surface area (Å²) in [4.78, 5) is 16.0. The molecule has 1 heterocycles. The number of fused-ring (bicyclic) bond motifs is 1. The molecule has 1 aromatic carbocycles. The number of aromatic amines is 1. The molecule has 3 heteroatoms. The summed E-state index contributed by atoms with van der Waals surface area (Å²) in [6.07, 6.45) is 4.85. The maximum Gasteiger partial charge on any atom is 0.267 e. The molecule has 23 heavy (non-hydrogen) atoms. The fourth-order valence-electron chi connectivity index (χ4n) is 4.10. The molecule has 0 radical (unpaired) electrons. The molecule has 1 amide bonds. The van der Waals surface area contributed by atoms with E-state index < -0.39 is 0 Å². The van der Waals surface area contributed by atoms with E-state index in [2.05, 4.69) is 50.1 Å². The Hall–Kier alpha value is -1.77. The molecule has 1 aliphatic rings. The highest BCUT2D eigenvalue weighted by Crippen LogP contribution is 2.30. The molecule has 2 atom stereocenters. The van der Waals surface area contributed by atoms with Gasteiger partial charge in [0.15, 0.2) is 0 Å². The lowest BCUT2D eigenvalue weighted by molar-refractivity contribution is 0.0885. The second kappa shape index (κ2) is 6.38. The second-order valence-corrected chi connectivity index (χ2v) is 7.50. The van der Waals surface area contributed by atoms with Gasteiger partial charge in [-0.1, -0.05) is 32.8 Å². The van der Waals surface area contributed by atoms with Gasteiger partial charge >= 0.3 is 0 Å². The number of amides is 1. The van der Waals surface area contributed by atoms with Gasteiger partial charge in [0.05, 0.1) is 0 Å². The van der Waals surface area contributed by atoms with Crippen molar-refractivity contribution in [2.24, 2.45) is 11.8 Å². The number of carbonyl (C=O) groups excluding carboxylic acids is 1. The molecule has 2 aromatic rings. The van der Waals surface area contributed by atoms with E-state index in [0.29, 0.717) is 23.6 Å². The summed E-state index contributed by atoms with van der Waals surface area (Å²) in [5, 5.41) is 4.43. The van der Waals surface area contributed by atoms with Gasteiger partial charge in [0.25, 0.3) is 5.91 Å². The van der Waals surface area contributed by atoms with Crippen LogP contribution >= 0.6 is 0 Å². The van der Waals surface area contributed by atoms with E-state index in [-0.39, 0.29) is 5.91 Å². The van der Waals surface area contributed by atoms with E-state index in [1.165, 1.54) is 30.4 Å². The van der Waals surface area contributed by atoms with Crippen LogP contribution in [0.25, 0.3) is 10.9 Å². The number of hydrogen-bond acceptors (Lipinski definition) is 1. The molecule has 0 spiro atoms. The Morgan fingerprint density at radius 3 is 2.65 bits per heavy atom. The molecule has 3 nitrogen and oxygen atoms in total. The minimum absolute atomic E-state index is 0.0378. The number of aryl methyl sites for hydroxylation is 2. The predicted octanol–water partition coefficient (Wildman–Crippen LogP) is 4.73. The fourth-order valence-corrected chi connectivity index (χ4v) is 4.10. The van der Waals surface area contributed by atoms with Crippen molar-refractivity contribution in [2.75, 3.05) is 0 Å². The molecule has 1 aliphatic carbocycles. The van der Waals surface area contributed by atoms with Crippen molar-refractivity contribution in [1.29, 1.82) is 0 Å². The fraction of sp³-hybridized carbons (Fsp3) is 0.550. The van der Waals surface area contributed by atoms with Crippen LogP contribution < -0.4 is 5.32 Å². The lowest BCUT2D eigenvalue weighted by Gasteiger charge is -2.34. The molecular weight excluding hydrogens is 284 g/mol. The number of rotatable bonds is 3. The van der Waals surface area contributed by atoms with Crippen LogP contribution in [-0.4, -0.2) is 16.9 Å². The van der Waals surface area contributed by atoms with Crippen molar-refractivity contribution in [2.45, 2.75) is 59.4 Å². The zero-order valence-electron chi connectivity index (χ0n) is 14.7. The average Bonchev–Trinajstić information content (AvgIpc) is 2.92.